The second-order valence-electron chi connectivity index (χ2n) is 6.20. The zero-order chi connectivity index (χ0) is 19.4. The molecule has 1 aromatic heterocycles. The number of carbonyl (C=O) groups is 1. The van der Waals surface area contributed by atoms with Crippen LogP contribution >= 0.6 is 34.8 Å². The first kappa shape index (κ1) is 19.5. The first-order valence-electron chi connectivity index (χ1n) is 8.39. The highest BCUT2D eigenvalue weighted by molar-refractivity contribution is 14.1. The van der Waals surface area contributed by atoms with E-state index in [4.69, 9.17) is 12.2 Å². The van der Waals surface area contributed by atoms with E-state index in [0.717, 1.165) is 27.1 Å². The quantitative estimate of drug-likeness (QED) is 0.376. The fourth-order valence-electron chi connectivity index (χ4n) is 2.68. The molecular formula is C20H19IN4OS. The number of aromatic nitrogens is 2. The zero-order valence-corrected chi connectivity index (χ0v) is 17.9. The summed E-state index contributed by atoms with van der Waals surface area (Å²) in [6.07, 6.45) is 0.822. The van der Waals surface area contributed by atoms with Crippen LogP contribution in [0.25, 0.3) is 0 Å². The Morgan fingerprint density at radius 3 is 2.37 bits per heavy atom. The molecule has 27 heavy (non-hydrogen) atoms. The molecule has 5 nitrogen and oxygen atoms in total. The molecule has 0 spiro atoms. The molecule has 0 aliphatic rings. The first-order valence-corrected chi connectivity index (χ1v) is 9.88. The molecule has 2 aromatic carbocycles. The maximum Gasteiger partial charge on any atom is 0.257 e. The van der Waals surface area contributed by atoms with Gasteiger partial charge in [-0.25, -0.2) is 0 Å². The monoisotopic (exact) mass is 490 g/mol. The molecule has 0 aliphatic carbocycles. The molecule has 3 N–H and O–H groups in total. The molecule has 0 saturated carbocycles. The predicted molar refractivity (Wildman–Crippen MR) is 120 cm³/mol. The number of rotatable bonds is 4. The van der Waals surface area contributed by atoms with E-state index < -0.39 is 0 Å². The van der Waals surface area contributed by atoms with E-state index in [1.165, 1.54) is 11.1 Å². The SMILES string of the molecule is Cc1n[nH]c(C)c1Cc1ccc(NC(=S)NC(=O)c2ccc(I)cc2)cc1. The summed E-state index contributed by atoms with van der Waals surface area (Å²) in [4.78, 5) is 12.2. The van der Waals surface area contributed by atoms with Crippen LogP contribution in [0.15, 0.2) is 48.5 Å². The van der Waals surface area contributed by atoms with E-state index in [-0.39, 0.29) is 11.0 Å². The molecule has 3 aromatic rings. The summed E-state index contributed by atoms with van der Waals surface area (Å²) < 4.78 is 1.07. The molecule has 1 heterocycles. The van der Waals surface area contributed by atoms with Crippen LogP contribution in [0.4, 0.5) is 5.69 Å². The molecule has 3 rings (SSSR count). The topological polar surface area (TPSA) is 69.8 Å². The number of hydrogen-bond donors (Lipinski definition) is 3. The predicted octanol–water partition coefficient (Wildman–Crippen LogP) is 4.35. The third-order valence-electron chi connectivity index (χ3n) is 4.21. The van der Waals surface area contributed by atoms with Crippen LogP contribution in [-0.4, -0.2) is 21.2 Å². The van der Waals surface area contributed by atoms with Crippen LogP contribution < -0.4 is 10.6 Å². The van der Waals surface area contributed by atoms with Crippen molar-refractivity contribution in [1.82, 2.24) is 15.5 Å². The highest BCUT2D eigenvalue weighted by atomic mass is 127. The summed E-state index contributed by atoms with van der Waals surface area (Å²) in [5.74, 6) is -0.230. The number of nitrogens with zero attached hydrogens (tertiary/aromatic N) is 1. The second-order valence-corrected chi connectivity index (χ2v) is 7.86. The average molecular weight is 490 g/mol. The number of carbonyl (C=O) groups excluding carboxylic acids is 1. The zero-order valence-electron chi connectivity index (χ0n) is 15.0. The Bertz CT molecular complexity index is 945. The second kappa shape index (κ2) is 8.62. The fraction of sp³-hybridized carbons (Fsp3) is 0.150. The first-order chi connectivity index (χ1) is 12.9. The van der Waals surface area contributed by atoms with Crippen molar-refractivity contribution in [3.63, 3.8) is 0 Å². The van der Waals surface area contributed by atoms with Crippen LogP contribution in [0.1, 0.15) is 32.9 Å². The smallest absolute Gasteiger partial charge is 0.257 e. The molecule has 0 fully saturated rings. The van der Waals surface area contributed by atoms with Crippen molar-refractivity contribution in [1.29, 1.82) is 0 Å². The van der Waals surface area contributed by atoms with Crippen molar-refractivity contribution < 1.29 is 4.79 Å². The number of amides is 1. The van der Waals surface area contributed by atoms with Crippen LogP contribution in [0.5, 0.6) is 0 Å². The lowest BCUT2D eigenvalue weighted by atomic mass is 10.0. The standard InChI is InChI=1S/C20H19IN4OS/c1-12-18(13(2)25-24-12)11-14-3-9-17(10-4-14)22-20(27)23-19(26)15-5-7-16(21)8-6-15/h3-10H,11H2,1-2H3,(H,24,25)(H2,22,23,26,27). The van der Waals surface area contributed by atoms with Gasteiger partial charge in [0.1, 0.15) is 0 Å². The number of halogens is 1. The van der Waals surface area contributed by atoms with Gasteiger partial charge < -0.3 is 5.32 Å². The largest absolute Gasteiger partial charge is 0.332 e. The minimum atomic E-state index is -0.230. The lowest BCUT2D eigenvalue weighted by Crippen LogP contribution is -2.34. The Hall–Kier alpha value is -2.26. The number of nitrogens with one attached hydrogen (secondary N) is 3. The summed E-state index contributed by atoms with van der Waals surface area (Å²) in [5.41, 5.74) is 5.91. The molecule has 0 radical (unpaired) electrons. The summed E-state index contributed by atoms with van der Waals surface area (Å²) in [6.45, 7) is 4.03. The number of aromatic amines is 1. The minimum absolute atomic E-state index is 0.230. The van der Waals surface area contributed by atoms with Crippen molar-refractivity contribution in [3.05, 3.63) is 80.2 Å². The molecule has 0 saturated heterocycles. The normalized spacial score (nSPS) is 10.5. The van der Waals surface area contributed by atoms with E-state index >= 15 is 0 Å². The molecule has 7 heteroatoms. The summed E-state index contributed by atoms with van der Waals surface area (Å²) in [5, 5.41) is 13.3. The van der Waals surface area contributed by atoms with E-state index in [9.17, 15) is 4.79 Å². The Morgan fingerprint density at radius 1 is 1.11 bits per heavy atom. The molecule has 1 amide bonds. The van der Waals surface area contributed by atoms with E-state index in [0.29, 0.717) is 5.56 Å². The van der Waals surface area contributed by atoms with Crippen LogP contribution in [0.3, 0.4) is 0 Å². The van der Waals surface area contributed by atoms with Gasteiger partial charge in [0.25, 0.3) is 5.91 Å². The van der Waals surface area contributed by atoms with Gasteiger partial charge in [0.05, 0.1) is 5.69 Å². The van der Waals surface area contributed by atoms with Gasteiger partial charge in [0, 0.05) is 32.5 Å². The Labute approximate surface area is 177 Å². The molecule has 138 valence electrons. The number of anilines is 1. The van der Waals surface area contributed by atoms with Crippen molar-refractivity contribution in [2.24, 2.45) is 0 Å². The van der Waals surface area contributed by atoms with Gasteiger partial charge in [-0.3, -0.25) is 15.2 Å². The van der Waals surface area contributed by atoms with Gasteiger partial charge in [-0.2, -0.15) is 5.10 Å². The Balaban J connectivity index is 1.58. The van der Waals surface area contributed by atoms with Gasteiger partial charge in [-0.15, -0.1) is 0 Å². The molecule has 0 unspecified atom stereocenters. The van der Waals surface area contributed by atoms with Gasteiger partial charge in [-0.05, 0) is 90.6 Å². The summed E-state index contributed by atoms with van der Waals surface area (Å²) in [7, 11) is 0. The number of thiocarbonyl (C=S) groups is 1. The molecule has 0 aliphatic heterocycles. The lowest BCUT2D eigenvalue weighted by molar-refractivity contribution is 0.0977. The number of benzene rings is 2. The molecular weight excluding hydrogens is 471 g/mol. The van der Waals surface area contributed by atoms with Crippen molar-refractivity contribution >= 4 is 51.5 Å². The maximum atomic E-state index is 12.2. The average Bonchev–Trinajstić information content (AvgIpc) is 2.95. The van der Waals surface area contributed by atoms with Gasteiger partial charge in [0.2, 0.25) is 0 Å². The summed E-state index contributed by atoms with van der Waals surface area (Å²) in [6, 6.07) is 15.3. The number of aryl methyl sites for hydroxylation is 2. The van der Waals surface area contributed by atoms with E-state index in [2.05, 4.69) is 43.4 Å². The Kier molecular flexibility index (Phi) is 6.22. The highest BCUT2D eigenvalue weighted by Crippen LogP contribution is 2.17. The van der Waals surface area contributed by atoms with E-state index in [1.54, 1.807) is 12.1 Å². The van der Waals surface area contributed by atoms with E-state index in [1.807, 2.05) is 50.2 Å². The van der Waals surface area contributed by atoms with Crippen molar-refractivity contribution in [2.45, 2.75) is 20.3 Å². The van der Waals surface area contributed by atoms with Gasteiger partial charge in [-0.1, -0.05) is 12.1 Å². The Morgan fingerprint density at radius 2 is 1.78 bits per heavy atom. The van der Waals surface area contributed by atoms with Crippen LogP contribution in [-0.2, 0) is 6.42 Å². The highest BCUT2D eigenvalue weighted by Gasteiger charge is 2.09. The maximum absolute atomic E-state index is 12.2. The third-order valence-corrected chi connectivity index (χ3v) is 5.13. The lowest BCUT2D eigenvalue weighted by Gasteiger charge is -2.10. The number of H-pyrrole nitrogens is 1. The van der Waals surface area contributed by atoms with Crippen molar-refractivity contribution in [3.8, 4) is 0 Å². The summed E-state index contributed by atoms with van der Waals surface area (Å²) >= 11 is 7.44. The minimum Gasteiger partial charge on any atom is -0.332 e. The van der Waals surface area contributed by atoms with Crippen LogP contribution in [0.2, 0.25) is 0 Å². The van der Waals surface area contributed by atoms with Crippen LogP contribution in [0, 0.1) is 17.4 Å². The number of hydrogen-bond acceptors (Lipinski definition) is 3. The fourth-order valence-corrected chi connectivity index (χ4v) is 3.25. The molecule has 0 atom stereocenters. The van der Waals surface area contributed by atoms with Gasteiger partial charge in [0.15, 0.2) is 5.11 Å². The van der Waals surface area contributed by atoms with Gasteiger partial charge >= 0.3 is 0 Å². The molecule has 0 bridgehead atoms. The third kappa shape index (κ3) is 5.14. The van der Waals surface area contributed by atoms with Crippen molar-refractivity contribution in [2.75, 3.05) is 5.32 Å².